The Morgan fingerprint density at radius 1 is 1.44 bits per heavy atom. The number of nitrogens with one attached hydrogen (secondary N) is 1. The van der Waals surface area contributed by atoms with Gasteiger partial charge in [-0.25, -0.2) is 0 Å². The quantitative estimate of drug-likeness (QED) is 0.798. The highest BCUT2D eigenvalue weighted by atomic mass is 16.5. The zero-order valence-electron chi connectivity index (χ0n) is 11.4. The number of hydrogen-bond acceptors (Lipinski definition) is 3. The molecule has 2 atom stereocenters. The van der Waals surface area contributed by atoms with Gasteiger partial charge in [-0.15, -0.1) is 0 Å². The average molecular weight is 254 g/mol. The first kappa shape index (κ1) is 13.8. The van der Waals surface area contributed by atoms with Gasteiger partial charge in [0.25, 0.3) is 0 Å². The van der Waals surface area contributed by atoms with Crippen LogP contribution < -0.4 is 11.1 Å². The van der Waals surface area contributed by atoms with Crippen LogP contribution in [0.25, 0.3) is 0 Å². The van der Waals surface area contributed by atoms with Crippen LogP contribution in [0.1, 0.15) is 45.4 Å². The van der Waals surface area contributed by atoms with E-state index in [0.29, 0.717) is 12.5 Å². The van der Waals surface area contributed by atoms with Crippen molar-refractivity contribution in [3.05, 3.63) is 0 Å². The topological polar surface area (TPSA) is 64.4 Å². The molecule has 0 aromatic rings. The Hall–Kier alpha value is -0.610. The van der Waals surface area contributed by atoms with E-state index in [1.165, 1.54) is 6.42 Å². The second-order valence-electron chi connectivity index (χ2n) is 5.93. The van der Waals surface area contributed by atoms with Crippen molar-refractivity contribution >= 4 is 5.91 Å². The zero-order valence-corrected chi connectivity index (χ0v) is 11.4. The zero-order chi connectivity index (χ0) is 13.0. The summed E-state index contributed by atoms with van der Waals surface area (Å²) in [6, 6.07) is 0.199. The molecule has 18 heavy (non-hydrogen) atoms. The summed E-state index contributed by atoms with van der Waals surface area (Å²) in [5.74, 6) is 0.636. The summed E-state index contributed by atoms with van der Waals surface area (Å²) < 4.78 is 5.38. The maximum Gasteiger partial charge on any atom is 0.227 e. The van der Waals surface area contributed by atoms with Gasteiger partial charge >= 0.3 is 0 Å². The molecule has 0 bridgehead atoms. The first-order valence-corrected chi connectivity index (χ1v) is 7.27. The van der Waals surface area contributed by atoms with Gasteiger partial charge in [-0.1, -0.05) is 19.3 Å². The first-order valence-electron chi connectivity index (χ1n) is 7.27. The monoisotopic (exact) mass is 254 g/mol. The Bertz CT molecular complexity index is 282. The molecule has 0 aromatic heterocycles. The van der Waals surface area contributed by atoms with E-state index >= 15 is 0 Å². The average Bonchev–Trinajstić information content (AvgIpc) is 2.93. The fraction of sp³-hybridized carbons (Fsp3) is 0.929. The third kappa shape index (κ3) is 2.86. The Balaban J connectivity index is 1.92. The van der Waals surface area contributed by atoms with E-state index in [1.54, 1.807) is 0 Å². The molecule has 1 saturated carbocycles. The van der Waals surface area contributed by atoms with E-state index < -0.39 is 0 Å². The molecule has 4 nitrogen and oxygen atoms in total. The predicted octanol–water partition coefficient (Wildman–Crippen LogP) is 1.44. The summed E-state index contributed by atoms with van der Waals surface area (Å²) in [7, 11) is 0. The van der Waals surface area contributed by atoms with Gasteiger partial charge < -0.3 is 15.8 Å². The summed E-state index contributed by atoms with van der Waals surface area (Å²) in [5.41, 5.74) is 5.58. The second kappa shape index (κ2) is 6.02. The summed E-state index contributed by atoms with van der Waals surface area (Å²) in [6.07, 6.45) is 6.45. The Kier molecular flexibility index (Phi) is 4.62. The number of nitrogens with two attached hydrogens (primary N) is 1. The Morgan fingerprint density at radius 2 is 2.17 bits per heavy atom. The second-order valence-corrected chi connectivity index (χ2v) is 5.93. The molecule has 1 amide bonds. The Morgan fingerprint density at radius 3 is 2.72 bits per heavy atom. The van der Waals surface area contributed by atoms with Crippen LogP contribution in [0.5, 0.6) is 0 Å². The van der Waals surface area contributed by atoms with E-state index in [2.05, 4.69) is 12.2 Å². The van der Waals surface area contributed by atoms with Crippen LogP contribution in [0.3, 0.4) is 0 Å². The van der Waals surface area contributed by atoms with Crippen molar-refractivity contribution in [3.63, 3.8) is 0 Å². The molecule has 1 heterocycles. The minimum Gasteiger partial charge on any atom is -0.381 e. The molecule has 2 aliphatic rings. The standard InChI is InChI=1S/C14H26N2O2/c1-11(12-5-8-18-9-12)16-13(17)14(10-15)6-3-2-4-7-14/h11-12H,2-10,15H2,1H3,(H,16,17). The molecule has 1 saturated heterocycles. The van der Waals surface area contributed by atoms with E-state index in [-0.39, 0.29) is 17.4 Å². The van der Waals surface area contributed by atoms with E-state index in [1.807, 2.05) is 0 Å². The van der Waals surface area contributed by atoms with Gasteiger partial charge in [0, 0.05) is 25.1 Å². The fourth-order valence-corrected chi connectivity index (χ4v) is 3.18. The highest BCUT2D eigenvalue weighted by Gasteiger charge is 2.39. The molecule has 2 unspecified atom stereocenters. The van der Waals surface area contributed by atoms with E-state index in [9.17, 15) is 4.79 Å². The number of hydrogen-bond donors (Lipinski definition) is 2. The molecular formula is C14H26N2O2. The van der Waals surface area contributed by atoms with Gasteiger partial charge in [0.05, 0.1) is 12.0 Å². The van der Waals surface area contributed by atoms with Gasteiger partial charge in [-0.05, 0) is 26.2 Å². The van der Waals surface area contributed by atoms with Gasteiger partial charge in [-0.3, -0.25) is 4.79 Å². The normalized spacial score (nSPS) is 28.9. The molecule has 1 aliphatic heterocycles. The third-order valence-electron chi connectivity index (χ3n) is 4.71. The van der Waals surface area contributed by atoms with Gasteiger partial charge in [0.15, 0.2) is 0 Å². The Labute approximate surface area is 110 Å². The van der Waals surface area contributed by atoms with Crippen molar-refractivity contribution in [2.45, 2.75) is 51.5 Å². The van der Waals surface area contributed by atoms with Crippen molar-refractivity contribution in [2.75, 3.05) is 19.8 Å². The fourth-order valence-electron chi connectivity index (χ4n) is 3.18. The molecule has 2 rings (SSSR count). The van der Waals surface area contributed by atoms with Gasteiger partial charge in [0.2, 0.25) is 5.91 Å². The summed E-state index contributed by atoms with van der Waals surface area (Å²) in [5, 5.41) is 3.18. The van der Waals surface area contributed by atoms with Crippen LogP contribution in [-0.2, 0) is 9.53 Å². The van der Waals surface area contributed by atoms with Crippen molar-refractivity contribution in [2.24, 2.45) is 17.1 Å². The molecule has 3 N–H and O–H groups in total. The number of ether oxygens (including phenoxy) is 1. The lowest BCUT2D eigenvalue weighted by molar-refractivity contribution is -0.133. The number of carbonyl (C=O) groups is 1. The minimum absolute atomic E-state index is 0.170. The maximum atomic E-state index is 12.5. The van der Waals surface area contributed by atoms with Crippen LogP contribution in [0.15, 0.2) is 0 Å². The lowest BCUT2D eigenvalue weighted by atomic mass is 9.73. The third-order valence-corrected chi connectivity index (χ3v) is 4.71. The van der Waals surface area contributed by atoms with Crippen LogP contribution in [0, 0.1) is 11.3 Å². The summed E-state index contributed by atoms with van der Waals surface area (Å²) >= 11 is 0. The number of rotatable bonds is 4. The lowest BCUT2D eigenvalue weighted by Crippen LogP contribution is -2.51. The molecule has 1 aliphatic carbocycles. The van der Waals surface area contributed by atoms with Crippen LogP contribution in [-0.4, -0.2) is 31.7 Å². The van der Waals surface area contributed by atoms with Crippen LogP contribution in [0.2, 0.25) is 0 Å². The first-order chi connectivity index (χ1) is 8.68. The van der Waals surface area contributed by atoms with E-state index in [4.69, 9.17) is 10.5 Å². The van der Waals surface area contributed by atoms with Crippen LogP contribution >= 0.6 is 0 Å². The minimum atomic E-state index is -0.300. The SMILES string of the molecule is CC(NC(=O)C1(CN)CCCCC1)C1CCOC1. The van der Waals surface area contributed by atoms with Crippen molar-refractivity contribution < 1.29 is 9.53 Å². The largest absolute Gasteiger partial charge is 0.381 e. The van der Waals surface area contributed by atoms with Crippen molar-refractivity contribution in [3.8, 4) is 0 Å². The molecule has 2 fully saturated rings. The molecule has 0 radical (unpaired) electrons. The summed E-state index contributed by atoms with van der Waals surface area (Å²) in [4.78, 5) is 12.5. The highest BCUT2D eigenvalue weighted by molar-refractivity contribution is 5.83. The van der Waals surface area contributed by atoms with Crippen molar-refractivity contribution in [1.82, 2.24) is 5.32 Å². The molecular weight excluding hydrogens is 228 g/mol. The smallest absolute Gasteiger partial charge is 0.227 e. The van der Waals surface area contributed by atoms with Crippen molar-refractivity contribution in [1.29, 1.82) is 0 Å². The number of carbonyl (C=O) groups excluding carboxylic acids is 1. The maximum absolute atomic E-state index is 12.5. The number of amides is 1. The molecule has 4 heteroatoms. The predicted molar refractivity (Wildman–Crippen MR) is 71.1 cm³/mol. The lowest BCUT2D eigenvalue weighted by Gasteiger charge is -2.36. The van der Waals surface area contributed by atoms with Gasteiger partial charge in [-0.2, -0.15) is 0 Å². The van der Waals surface area contributed by atoms with E-state index in [0.717, 1.165) is 45.3 Å². The molecule has 0 aromatic carbocycles. The highest BCUT2D eigenvalue weighted by Crippen LogP contribution is 2.35. The molecule has 0 spiro atoms. The van der Waals surface area contributed by atoms with Gasteiger partial charge in [0.1, 0.15) is 0 Å². The van der Waals surface area contributed by atoms with Crippen LogP contribution in [0.4, 0.5) is 0 Å². The molecule has 104 valence electrons. The summed E-state index contributed by atoms with van der Waals surface area (Å²) in [6.45, 7) is 4.17.